The maximum absolute atomic E-state index is 2.46. The van der Waals surface area contributed by atoms with E-state index in [0.717, 1.165) is 24.2 Å². The fraction of sp³-hybridized carbons (Fsp3) is 0.154. The van der Waals surface area contributed by atoms with Gasteiger partial charge in [-0.2, -0.15) is 0 Å². The van der Waals surface area contributed by atoms with Crippen LogP contribution in [0.15, 0.2) is 176 Å². The number of rotatable bonds is 6. The number of hydrogen-bond donors (Lipinski definition) is 0. The lowest BCUT2D eigenvalue weighted by molar-refractivity contribution is 0.659. The van der Waals surface area contributed by atoms with Crippen LogP contribution in [0.25, 0.3) is 33.0 Å². The molecule has 2 heteroatoms. The molecule has 0 aromatic heterocycles. The highest BCUT2D eigenvalue weighted by Crippen LogP contribution is 2.57. The molecule has 7 aromatic carbocycles. The van der Waals surface area contributed by atoms with Gasteiger partial charge in [-0.3, -0.25) is 0 Å². The van der Waals surface area contributed by atoms with E-state index in [9.17, 15) is 0 Å². The first kappa shape index (κ1) is 32.5. The molecule has 7 aromatic rings. The second-order valence-corrected chi connectivity index (χ2v) is 16.1. The summed E-state index contributed by atoms with van der Waals surface area (Å²) in [4.78, 5) is 4.83. The predicted octanol–water partition coefficient (Wildman–Crippen LogP) is 14.3. The van der Waals surface area contributed by atoms with Gasteiger partial charge in [-0.05, 0) is 135 Å². The molecule has 262 valence electrons. The molecule has 3 aliphatic carbocycles. The van der Waals surface area contributed by atoms with Crippen molar-refractivity contribution in [2.45, 2.75) is 51.4 Å². The summed E-state index contributed by atoms with van der Waals surface area (Å²) in [5, 5.41) is 2.68. The van der Waals surface area contributed by atoms with Crippen LogP contribution < -0.4 is 9.80 Å². The van der Waals surface area contributed by atoms with E-state index >= 15 is 0 Å². The molecule has 54 heavy (non-hydrogen) atoms. The fourth-order valence-electron chi connectivity index (χ4n) is 9.57. The zero-order valence-corrected chi connectivity index (χ0v) is 31.5. The Bertz CT molecular complexity index is 2610. The highest BCUT2D eigenvalue weighted by Gasteiger charge is 2.40. The highest BCUT2D eigenvalue weighted by molar-refractivity contribution is 6.11. The van der Waals surface area contributed by atoms with Crippen LogP contribution in [0.2, 0.25) is 0 Å². The minimum Gasteiger partial charge on any atom is -0.314 e. The summed E-state index contributed by atoms with van der Waals surface area (Å²) in [5.74, 6) is 0. The molecule has 10 rings (SSSR count). The minimum absolute atomic E-state index is 0.137. The maximum Gasteiger partial charge on any atom is 0.0465 e. The largest absolute Gasteiger partial charge is 0.314 e. The first-order chi connectivity index (χ1) is 26.3. The number of anilines is 5. The summed E-state index contributed by atoms with van der Waals surface area (Å²) in [6.45, 7) is 9.60. The van der Waals surface area contributed by atoms with Crippen LogP contribution in [0.1, 0.15) is 62.8 Å². The molecule has 0 amide bonds. The van der Waals surface area contributed by atoms with Crippen molar-refractivity contribution in [2.24, 2.45) is 0 Å². The van der Waals surface area contributed by atoms with Gasteiger partial charge in [0.2, 0.25) is 0 Å². The van der Waals surface area contributed by atoms with Crippen LogP contribution in [0.5, 0.6) is 0 Å². The molecule has 0 heterocycles. The van der Waals surface area contributed by atoms with Crippen LogP contribution in [-0.4, -0.2) is 0 Å². The average Bonchev–Trinajstić information content (AvgIpc) is 3.59. The van der Waals surface area contributed by atoms with Gasteiger partial charge in [0.05, 0.1) is 0 Å². The second-order valence-electron chi connectivity index (χ2n) is 16.1. The maximum atomic E-state index is 2.46. The second kappa shape index (κ2) is 12.2. The Hall–Kier alpha value is -6.12. The Morgan fingerprint density at radius 2 is 0.870 bits per heavy atom. The van der Waals surface area contributed by atoms with Gasteiger partial charge < -0.3 is 9.80 Å². The lowest BCUT2D eigenvalue weighted by Crippen LogP contribution is -2.19. The predicted molar refractivity (Wildman–Crippen MR) is 229 cm³/mol. The Labute approximate surface area is 319 Å². The number of para-hydroxylation sites is 3. The van der Waals surface area contributed by atoms with E-state index in [0.29, 0.717) is 0 Å². The third-order valence-corrected chi connectivity index (χ3v) is 12.3. The summed E-state index contributed by atoms with van der Waals surface area (Å²) in [7, 11) is 0. The Morgan fingerprint density at radius 1 is 0.426 bits per heavy atom. The van der Waals surface area contributed by atoms with Crippen LogP contribution in [-0.2, 0) is 10.8 Å². The third kappa shape index (κ3) is 4.86. The van der Waals surface area contributed by atoms with Crippen molar-refractivity contribution in [2.75, 3.05) is 9.80 Å². The van der Waals surface area contributed by atoms with E-state index in [2.05, 4.69) is 207 Å². The Morgan fingerprint density at radius 3 is 1.31 bits per heavy atom. The molecule has 0 aliphatic heterocycles. The first-order valence-electron chi connectivity index (χ1n) is 19.3. The van der Waals surface area contributed by atoms with Crippen LogP contribution in [0.3, 0.4) is 0 Å². The van der Waals surface area contributed by atoms with Crippen molar-refractivity contribution in [3.63, 3.8) is 0 Å². The zero-order valence-electron chi connectivity index (χ0n) is 31.5. The van der Waals surface area contributed by atoms with Gasteiger partial charge in [-0.15, -0.1) is 0 Å². The van der Waals surface area contributed by atoms with Gasteiger partial charge >= 0.3 is 0 Å². The molecule has 0 fully saturated rings. The van der Waals surface area contributed by atoms with Crippen molar-refractivity contribution in [1.29, 1.82) is 0 Å². The number of fused-ring (bicyclic) bond motifs is 9. The molecule has 0 spiro atoms. The van der Waals surface area contributed by atoms with Gasteiger partial charge in [0, 0.05) is 45.0 Å². The van der Waals surface area contributed by atoms with E-state index in [4.69, 9.17) is 0 Å². The molecule has 0 atom stereocenters. The van der Waals surface area contributed by atoms with Crippen molar-refractivity contribution in [1.82, 2.24) is 0 Å². The highest BCUT2D eigenvalue weighted by atomic mass is 15.2. The molecule has 3 aliphatic rings. The first-order valence-corrected chi connectivity index (χ1v) is 19.3. The molecule has 0 bridgehead atoms. The van der Waals surface area contributed by atoms with Gasteiger partial charge in [0.1, 0.15) is 0 Å². The van der Waals surface area contributed by atoms with E-state index in [1.165, 1.54) is 78.0 Å². The van der Waals surface area contributed by atoms with E-state index in [1.807, 2.05) is 0 Å². The monoisotopic (exact) mass is 696 g/mol. The van der Waals surface area contributed by atoms with Crippen LogP contribution >= 0.6 is 0 Å². The van der Waals surface area contributed by atoms with E-state index in [1.54, 1.807) is 0 Å². The zero-order chi connectivity index (χ0) is 36.6. The normalized spacial score (nSPS) is 15.6. The quantitative estimate of drug-likeness (QED) is 0.171. The van der Waals surface area contributed by atoms with Gasteiger partial charge in [-0.25, -0.2) is 0 Å². The number of benzene rings is 7. The lowest BCUT2D eigenvalue weighted by atomic mass is 9.80. The number of hydrogen-bond acceptors (Lipinski definition) is 2. The fourth-order valence-corrected chi connectivity index (χ4v) is 9.57. The Kier molecular flexibility index (Phi) is 7.36. The summed E-state index contributed by atoms with van der Waals surface area (Å²) in [5.41, 5.74) is 18.0. The third-order valence-electron chi connectivity index (χ3n) is 12.3. The summed E-state index contributed by atoms with van der Waals surface area (Å²) >= 11 is 0. The van der Waals surface area contributed by atoms with Crippen molar-refractivity contribution in [3.8, 4) is 22.3 Å². The Balaban J connectivity index is 1.12. The summed E-state index contributed by atoms with van der Waals surface area (Å²) in [6.07, 6.45) is 8.83. The molecule has 0 N–H and O–H groups in total. The molecule has 0 radical (unpaired) electrons. The summed E-state index contributed by atoms with van der Waals surface area (Å²) < 4.78 is 0. The lowest BCUT2D eigenvalue weighted by Gasteiger charge is -2.30. The molecule has 0 saturated carbocycles. The standard InChI is InChI=1S/C52H44N2/c1-51(2)45-31-29-42-41(49(45)43-27-25-39(33-47(43)51)53(35-17-9-5-10-18-35)36-19-11-6-12-20-36)30-32-46-50(42)44-28-26-40(34-48(44)52(46,3)4)54(37-21-13-7-14-22-37)38-23-15-8-16-24-38/h5-15,17-23,25-34H,16,24H2,1-4H3. The van der Waals surface area contributed by atoms with Gasteiger partial charge in [-0.1, -0.05) is 131 Å². The van der Waals surface area contributed by atoms with E-state index in [-0.39, 0.29) is 10.8 Å². The molecular weight excluding hydrogens is 653 g/mol. The molecule has 0 unspecified atom stereocenters. The van der Waals surface area contributed by atoms with Crippen LogP contribution in [0.4, 0.5) is 28.4 Å². The average molecular weight is 697 g/mol. The summed E-state index contributed by atoms with van der Waals surface area (Å²) in [6, 6.07) is 56.3. The van der Waals surface area contributed by atoms with E-state index < -0.39 is 0 Å². The molecule has 2 nitrogen and oxygen atoms in total. The van der Waals surface area contributed by atoms with Crippen LogP contribution in [0, 0.1) is 0 Å². The smallest absolute Gasteiger partial charge is 0.0465 e. The SMILES string of the molecule is CC1(C)c2cc(N(C3=CC=CCC3)c3ccccc3)ccc2-c2c1ccc1c3c(ccc21)C(C)(C)c1cc(N(c2ccccc2)c2ccccc2)ccc1-3. The van der Waals surface area contributed by atoms with Gasteiger partial charge in [0.15, 0.2) is 0 Å². The van der Waals surface area contributed by atoms with Crippen molar-refractivity contribution >= 4 is 39.2 Å². The topological polar surface area (TPSA) is 6.48 Å². The molecular formula is C52H44N2. The van der Waals surface area contributed by atoms with Crippen molar-refractivity contribution in [3.05, 3.63) is 198 Å². The minimum atomic E-state index is -0.150. The van der Waals surface area contributed by atoms with Crippen molar-refractivity contribution < 1.29 is 0 Å². The number of nitrogens with zero attached hydrogens (tertiary/aromatic N) is 2. The van der Waals surface area contributed by atoms with Gasteiger partial charge in [0.25, 0.3) is 0 Å². The molecule has 0 saturated heterocycles. The number of allylic oxidation sites excluding steroid dienone is 4.